The fraction of sp³-hybridized carbons (Fsp3) is 0.875. The van der Waals surface area contributed by atoms with Gasteiger partial charge in [0, 0.05) is 0 Å². The van der Waals surface area contributed by atoms with Crippen LogP contribution in [0.2, 0.25) is 0 Å². The molecule has 0 aliphatic rings. The van der Waals surface area contributed by atoms with Gasteiger partial charge in [-0.05, 0) is 0 Å². The van der Waals surface area contributed by atoms with E-state index in [0.29, 0.717) is 0 Å². The van der Waals surface area contributed by atoms with Gasteiger partial charge in [0.1, 0.15) is 0 Å². The van der Waals surface area contributed by atoms with E-state index in [1.165, 1.54) is 0 Å². The zero-order chi connectivity index (χ0) is 21.1. The van der Waals surface area contributed by atoms with Crippen LogP contribution in [-0.2, 0) is 4.79 Å². The molecule has 0 saturated heterocycles. The number of halogens is 15. The summed E-state index contributed by atoms with van der Waals surface area (Å²) in [5, 5.41) is 7.65. The molecule has 0 saturated carbocycles. The monoisotopic (exact) mass is 414 g/mol. The van der Waals surface area contributed by atoms with Gasteiger partial charge in [-0.1, -0.05) is 0 Å². The van der Waals surface area contributed by atoms with E-state index in [9.17, 15) is 70.7 Å². The van der Waals surface area contributed by atoms with Crippen molar-refractivity contribution in [2.75, 3.05) is 0 Å². The van der Waals surface area contributed by atoms with Crippen molar-refractivity contribution < 1.29 is 75.8 Å². The molecule has 0 atom stereocenters. The summed E-state index contributed by atoms with van der Waals surface area (Å²) < 4.78 is 189. The van der Waals surface area contributed by atoms with Crippen molar-refractivity contribution in [2.45, 2.75) is 36.3 Å². The Labute approximate surface area is 125 Å². The van der Waals surface area contributed by atoms with Gasteiger partial charge in [-0.2, -0.15) is 65.9 Å². The van der Waals surface area contributed by atoms with Crippen LogP contribution in [0.25, 0.3) is 0 Å². The summed E-state index contributed by atoms with van der Waals surface area (Å²) in [5.74, 6) is -29.2. The Morgan fingerprint density at radius 2 is 0.800 bits per heavy atom. The standard InChI is InChI=1S/C8HF15O2/c9-2(10,1(24)25)4(11,12)3(6(15,16)17,7(18,19)20)5(13,14)8(21,22)23/h(H,24,25). The van der Waals surface area contributed by atoms with Crippen LogP contribution < -0.4 is 0 Å². The van der Waals surface area contributed by atoms with Gasteiger partial charge in [0.2, 0.25) is 0 Å². The lowest BCUT2D eigenvalue weighted by molar-refractivity contribution is -0.504. The SMILES string of the molecule is O=C(O)C(F)(F)C(F)(F)C(C(F)(F)F)(C(F)(F)F)C(F)(F)C(F)(F)F. The van der Waals surface area contributed by atoms with E-state index in [4.69, 9.17) is 5.11 Å². The predicted octanol–water partition coefficient (Wildman–Crippen LogP) is 4.65. The van der Waals surface area contributed by atoms with E-state index in [2.05, 4.69) is 0 Å². The Bertz CT molecular complexity index is 507. The fourth-order valence-electron chi connectivity index (χ4n) is 1.65. The summed E-state index contributed by atoms with van der Waals surface area (Å²) in [7, 11) is 0. The number of hydrogen-bond acceptors (Lipinski definition) is 1. The second-order valence-electron chi connectivity index (χ2n) is 4.27. The zero-order valence-electron chi connectivity index (χ0n) is 10.5. The van der Waals surface area contributed by atoms with Crippen molar-refractivity contribution in [3.05, 3.63) is 0 Å². The van der Waals surface area contributed by atoms with Crippen LogP contribution in [0.1, 0.15) is 0 Å². The third kappa shape index (κ3) is 2.74. The van der Waals surface area contributed by atoms with Crippen molar-refractivity contribution in [3.63, 3.8) is 0 Å². The van der Waals surface area contributed by atoms with E-state index in [-0.39, 0.29) is 0 Å². The molecule has 0 aliphatic heterocycles. The fourth-order valence-corrected chi connectivity index (χ4v) is 1.65. The zero-order valence-corrected chi connectivity index (χ0v) is 10.5. The van der Waals surface area contributed by atoms with Crippen molar-refractivity contribution in [1.82, 2.24) is 0 Å². The molecule has 0 rings (SSSR count). The molecule has 0 fully saturated rings. The molecule has 0 aliphatic carbocycles. The molecule has 150 valence electrons. The molecule has 0 aromatic heterocycles. The Morgan fingerprint density at radius 1 is 0.520 bits per heavy atom. The van der Waals surface area contributed by atoms with Crippen LogP contribution in [0.5, 0.6) is 0 Å². The van der Waals surface area contributed by atoms with Gasteiger partial charge in [-0.25, -0.2) is 4.79 Å². The van der Waals surface area contributed by atoms with Gasteiger partial charge < -0.3 is 5.11 Å². The highest BCUT2D eigenvalue weighted by atomic mass is 19.4. The van der Waals surface area contributed by atoms with Gasteiger partial charge in [-0.15, -0.1) is 0 Å². The first-order valence-corrected chi connectivity index (χ1v) is 5.01. The maximum Gasteiger partial charge on any atom is 0.454 e. The molecule has 2 nitrogen and oxygen atoms in total. The molecule has 0 bridgehead atoms. The first-order chi connectivity index (χ1) is 10.4. The average molecular weight is 414 g/mol. The highest BCUT2D eigenvalue weighted by Crippen LogP contribution is 2.71. The van der Waals surface area contributed by atoms with Crippen LogP contribution in [0.15, 0.2) is 0 Å². The minimum atomic E-state index is -8.81. The molecule has 0 unspecified atom stereocenters. The molecule has 1 N–H and O–H groups in total. The molecule has 0 radical (unpaired) electrons. The molecule has 25 heavy (non-hydrogen) atoms. The molecule has 0 aromatic carbocycles. The van der Waals surface area contributed by atoms with E-state index in [1.54, 1.807) is 0 Å². The van der Waals surface area contributed by atoms with E-state index < -0.39 is 47.7 Å². The van der Waals surface area contributed by atoms with Gasteiger partial charge in [0.15, 0.2) is 0 Å². The normalized spacial score (nSPS) is 16.1. The number of hydrogen-bond donors (Lipinski definition) is 1. The number of aliphatic carboxylic acids is 1. The van der Waals surface area contributed by atoms with Crippen LogP contribution in [0.4, 0.5) is 65.9 Å². The molecule has 0 spiro atoms. The van der Waals surface area contributed by atoms with Gasteiger partial charge >= 0.3 is 47.7 Å². The number of alkyl halides is 15. The third-order valence-electron chi connectivity index (χ3n) is 2.81. The summed E-state index contributed by atoms with van der Waals surface area (Å²) >= 11 is 0. The summed E-state index contributed by atoms with van der Waals surface area (Å²) in [6.07, 6.45) is -24.9. The lowest BCUT2D eigenvalue weighted by Crippen LogP contribution is -2.78. The molecular weight excluding hydrogens is 413 g/mol. The van der Waals surface area contributed by atoms with Crippen molar-refractivity contribution in [2.24, 2.45) is 5.41 Å². The maximum absolute atomic E-state index is 13.2. The van der Waals surface area contributed by atoms with Crippen molar-refractivity contribution >= 4 is 5.97 Å². The minimum Gasteiger partial charge on any atom is -0.477 e. The number of carboxylic acids is 1. The summed E-state index contributed by atoms with van der Waals surface area (Å²) in [5.41, 5.74) is -8.81. The van der Waals surface area contributed by atoms with Gasteiger partial charge in [0.05, 0.1) is 0 Å². The van der Waals surface area contributed by atoms with E-state index >= 15 is 0 Å². The summed E-state index contributed by atoms with van der Waals surface area (Å²) in [6, 6.07) is 0. The third-order valence-corrected chi connectivity index (χ3v) is 2.81. The van der Waals surface area contributed by atoms with Crippen molar-refractivity contribution in [3.8, 4) is 0 Å². The van der Waals surface area contributed by atoms with Gasteiger partial charge in [-0.3, -0.25) is 0 Å². The lowest BCUT2D eigenvalue weighted by Gasteiger charge is -2.47. The second-order valence-corrected chi connectivity index (χ2v) is 4.27. The number of carbonyl (C=O) groups is 1. The van der Waals surface area contributed by atoms with Crippen molar-refractivity contribution in [1.29, 1.82) is 0 Å². The van der Waals surface area contributed by atoms with Crippen LogP contribution >= 0.6 is 0 Å². The number of carboxylic acid groups (broad SMARTS) is 1. The Morgan fingerprint density at radius 3 is 0.960 bits per heavy atom. The Balaban J connectivity index is 7.51. The molecule has 0 heterocycles. The maximum atomic E-state index is 13.2. The minimum absolute atomic E-state index is 4.51. The topological polar surface area (TPSA) is 37.3 Å². The van der Waals surface area contributed by atoms with Gasteiger partial charge in [0.25, 0.3) is 0 Å². The predicted molar refractivity (Wildman–Crippen MR) is 43.1 cm³/mol. The highest BCUT2D eigenvalue weighted by molar-refractivity contribution is 5.77. The van der Waals surface area contributed by atoms with Crippen LogP contribution in [0, 0.1) is 5.41 Å². The van der Waals surface area contributed by atoms with Crippen LogP contribution in [-0.4, -0.2) is 47.4 Å². The number of rotatable bonds is 4. The largest absolute Gasteiger partial charge is 0.477 e. The van der Waals surface area contributed by atoms with Crippen LogP contribution in [0.3, 0.4) is 0 Å². The molecular formula is C8HF15O2. The highest BCUT2D eigenvalue weighted by Gasteiger charge is 3.01. The molecule has 17 heteroatoms. The lowest BCUT2D eigenvalue weighted by atomic mass is 9.70. The second kappa shape index (κ2) is 5.46. The van der Waals surface area contributed by atoms with E-state index in [0.717, 1.165) is 0 Å². The first kappa shape index (κ1) is 23.4. The molecule has 0 amide bonds. The Hall–Kier alpha value is -1.58. The smallest absolute Gasteiger partial charge is 0.454 e. The van der Waals surface area contributed by atoms with E-state index in [1.807, 2.05) is 0 Å². The quantitative estimate of drug-likeness (QED) is 0.681. The molecule has 0 aromatic rings. The summed E-state index contributed by atoms with van der Waals surface area (Å²) in [6.45, 7) is 0. The summed E-state index contributed by atoms with van der Waals surface area (Å²) in [4.78, 5) is 9.85. The first-order valence-electron chi connectivity index (χ1n) is 5.01. The average Bonchev–Trinajstić information content (AvgIpc) is 2.21. The Kier molecular flexibility index (Phi) is 5.11.